The van der Waals surface area contributed by atoms with E-state index in [1.54, 1.807) is 31.0 Å². The lowest BCUT2D eigenvalue weighted by Crippen LogP contribution is -2.49. The van der Waals surface area contributed by atoms with Crippen molar-refractivity contribution in [3.8, 4) is 17.2 Å². The van der Waals surface area contributed by atoms with E-state index in [0.717, 1.165) is 17.1 Å². The van der Waals surface area contributed by atoms with Crippen LogP contribution in [0.15, 0.2) is 90.3 Å². The number of aryl methyl sites for hydroxylation is 1. The second-order valence-electron chi connectivity index (χ2n) is 11.6. The second-order valence-corrected chi connectivity index (χ2v) is 13.2. The minimum atomic E-state index is -3.97. The van der Waals surface area contributed by atoms with Crippen LogP contribution in [0.5, 0.6) is 17.2 Å². The van der Waals surface area contributed by atoms with Gasteiger partial charge in [0.15, 0.2) is 5.03 Å². The van der Waals surface area contributed by atoms with E-state index in [2.05, 4.69) is 14.6 Å². The van der Waals surface area contributed by atoms with E-state index in [4.69, 9.17) is 9.47 Å². The van der Waals surface area contributed by atoms with Crippen LogP contribution in [-0.2, 0) is 23.6 Å². The number of aromatic nitrogens is 2. The lowest BCUT2D eigenvalue weighted by Gasteiger charge is -2.38. The first kappa shape index (κ1) is 32.0. The molecule has 238 valence electrons. The van der Waals surface area contributed by atoms with Gasteiger partial charge in [-0.3, -0.25) is 14.4 Å². The van der Waals surface area contributed by atoms with Gasteiger partial charge in [0, 0.05) is 44.5 Å². The molecule has 0 spiro atoms. The van der Waals surface area contributed by atoms with Gasteiger partial charge in [-0.05, 0) is 62.0 Å². The highest BCUT2D eigenvalue weighted by atomic mass is 32.2. The van der Waals surface area contributed by atoms with Gasteiger partial charge in [0.25, 0.3) is 15.9 Å². The quantitative estimate of drug-likeness (QED) is 0.250. The zero-order valence-corrected chi connectivity index (χ0v) is 26.6. The summed E-state index contributed by atoms with van der Waals surface area (Å²) in [6, 6.07) is 21.8. The monoisotopic (exact) mass is 633 g/mol. The Morgan fingerprint density at radius 3 is 2.49 bits per heavy atom. The Hall–Kier alpha value is -4.39. The summed E-state index contributed by atoms with van der Waals surface area (Å²) in [6.45, 7) is 5.18. The van der Waals surface area contributed by atoms with Crippen molar-refractivity contribution in [2.24, 2.45) is 13.0 Å². The molecular formula is C33H39N5O6S. The van der Waals surface area contributed by atoms with Crippen molar-refractivity contribution in [2.75, 3.05) is 31.5 Å². The summed E-state index contributed by atoms with van der Waals surface area (Å²) >= 11 is 0. The number of imidazole rings is 1. The Kier molecular flexibility index (Phi) is 9.76. The normalized spacial score (nSPS) is 17.6. The Morgan fingerprint density at radius 2 is 1.82 bits per heavy atom. The molecular weight excluding hydrogens is 594 g/mol. The van der Waals surface area contributed by atoms with Gasteiger partial charge >= 0.3 is 0 Å². The van der Waals surface area contributed by atoms with Gasteiger partial charge in [-0.1, -0.05) is 37.3 Å². The van der Waals surface area contributed by atoms with E-state index < -0.39 is 16.1 Å². The highest BCUT2D eigenvalue weighted by molar-refractivity contribution is 7.92. The number of aliphatic hydroxyl groups excluding tert-OH is 1. The molecule has 1 aliphatic heterocycles. The van der Waals surface area contributed by atoms with Crippen LogP contribution in [0.4, 0.5) is 5.69 Å². The first-order chi connectivity index (χ1) is 21.5. The summed E-state index contributed by atoms with van der Waals surface area (Å²) < 4.78 is 42.3. The second kappa shape index (κ2) is 13.7. The third-order valence-corrected chi connectivity index (χ3v) is 8.99. The van der Waals surface area contributed by atoms with Crippen molar-refractivity contribution in [2.45, 2.75) is 37.6 Å². The molecule has 3 aromatic carbocycles. The van der Waals surface area contributed by atoms with E-state index >= 15 is 0 Å². The molecule has 0 saturated heterocycles. The smallest absolute Gasteiger partial charge is 0.280 e. The number of para-hydroxylation sites is 1. The number of hydrogen-bond acceptors (Lipinski definition) is 8. The number of nitrogens with one attached hydrogen (secondary N) is 1. The molecule has 12 heteroatoms. The highest BCUT2D eigenvalue weighted by Gasteiger charge is 2.34. The zero-order valence-electron chi connectivity index (χ0n) is 25.8. The molecule has 5 rings (SSSR count). The summed E-state index contributed by atoms with van der Waals surface area (Å²) in [5.74, 6) is 1.47. The minimum absolute atomic E-state index is 0.0671. The number of fused-ring (bicyclic) bond motifs is 1. The van der Waals surface area contributed by atoms with Crippen LogP contribution in [0.3, 0.4) is 0 Å². The van der Waals surface area contributed by atoms with Crippen molar-refractivity contribution in [1.82, 2.24) is 19.4 Å². The molecule has 4 aromatic rings. The average molecular weight is 634 g/mol. The number of ether oxygens (including phenoxy) is 2. The van der Waals surface area contributed by atoms with Gasteiger partial charge in [0.1, 0.15) is 23.4 Å². The van der Waals surface area contributed by atoms with Gasteiger partial charge < -0.3 is 24.0 Å². The van der Waals surface area contributed by atoms with Crippen LogP contribution in [0.1, 0.15) is 29.8 Å². The van der Waals surface area contributed by atoms with Crippen LogP contribution in [-0.4, -0.2) is 77.7 Å². The molecule has 0 radical (unpaired) electrons. The summed E-state index contributed by atoms with van der Waals surface area (Å²) in [6.07, 6.45) is 2.49. The first-order valence-corrected chi connectivity index (χ1v) is 16.2. The summed E-state index contributed by atoms with van der Waals surface area (Å²) in [5.41, 5.74) is 1.52. The Morgan fingerprint density at radius 1 is 1.11 bits per heavy atom. The van der Waals surface area contributed by atoms with Gasteiger partial charge in [0.2, 0.25) is 0 Å². The maximum atomic E-state index is 13.8. The number of hydrogen-bond donors (Lipinski definition) is 2. The van der Waals surface area contributed by atoms with Gasteiger partial charge in [-0.15, -0.1) is 0 Å². The number of aliphatic hydroxyl groups is 1. The molecule has 1 aromatic heterocycles. The van der Waals surface area contributed by atoms with Crippen molar-refractivity contribution in [3.05, 3.63) is 96.4 Å². The summed E-state index contributed by atoms with van der Waals surface area (Å²) in [4.78, 5) is 21.5. The molecule has 1 aliphatic rings. The predicted octanol–water partition coefficient (Wildman–Crippen LogP) is 4.37. The SMILES string of the molecule is C[C@@H]1CN([C@H](C)CO)C(=O)c2cc(NS(=O)(=O)c3cn(C)cn3)ccc2O[C@@H]1CN(C)Cc1ccc(Oc2ccccc2)cc1. The number of benzene rings is 3. The van der Waals surface area contributed by atoms with Crippen molar-refractivity contribution in [3.63, 3.8) is 0 Å². The van der Waals surface area contributed by atoms with E-state index in [-0.39, 0.29) is 40.8 Å². The fourth-order valence-electron chi connectivity index (χ4n) is 5.21. The molecule has 2 heterocycles. The molecule has 0 aliphatic carbocycles. The van der Waals surface area contributed by atoms with Gasteiger partial charge in [0.05, 0.1) is 24.5 Å². The van der Waals surface area contributed by atoms with E-state index in [1.807, 2.05) is 68.6 Å². The number of anilines is 1. The third kappa shape index (κ3) is 7.83. The van der Waals surface area contributed by atoms with Crippen LogP contribution >= 0.6 is 0 Å². The van der Waals surface area contributed by atoms with Crippen molar-refractivity contribution < 1.29 is 27.8 Å². The molecule has 0 fully saturated rings. The first-order valence-electron chi connectivity index (χ1n) is 14.8. The molecule has 11 nitrogen and oxygen atoms in total. The van der Waals surface area contributed by atoms with Crippen LogP contribution in [0, 0.1) is 5.92 Å². The maximum Gasteiger partial charge on any atom is 0.280 e. The van der Waals surface area contributed by atoms with Gasteiger partial charge in [-0.25, -0.2) is 4.98 Å². The number of amides is 1. The topological polar surface area (TPSA) is 126 Å². The number of nitrogens with zero attached hydrogens (tertiary/aromatic N) is 4. The molecule has 0 bridgehead atoms. The molecule has 45 heavy (non-hydrogen) atoms. The molecule has 3 atom stereocenters. The van der Waals surface area contributed by atoms with Crippen LogP contribution in [0.25, 0.3) is 0 Å². The lowest BCUT2D eigenvalue weighted by molar-refractivity contribution is 0.0341. The van der Waals surface area contributed by atoms with Gasteiger partial charge in [-0.2, -0.15) is 8.42 Å². The molecule has 0 saturated carbocycles. The van der Waals surface area contributed by atoms with Crippen molar-refractivity contribution >= 4 is 21.6 Å². The fraction of sp³-hybridized carbons (Fsp3) is 0.333. The molecule has 2 N–H and O–H groups in total. The third-order valence-electron chi connectivity index (χ3n) is 7.72. The predicted molar refractivity (Wildman–Crippen MR) is 171 cm³/mol. The number of rotatable bonds is 11. The largest absolute Gasteiger partial charge is 0.488 e. The van der Waals surface area contributed by atoms with E-state index in [9.17, 15) is 18.3 Å². The number of carbonyl (C=O) groups excluding carboxylic acids is 1. The van der Waals surface area contributed by atoms with Crippen LogP contribution < -0.4 is 14.2 Å². The molecule has 1 amide bonds. The fourth-order valence-corrected chi connectivity index (χ4v) is 6.24. The van der Waals surface area contributed by atoms with Crippen molar-refractivity contribution in [1.29, 1.82) is 0 Å². The maximum absolute atomic E-state index is 13.8. The Balaban J connectivity index is 1.33. The Bertz CT molecular complexity index is 1710. The van der Waals surface area contributed by atoms with E-state index in [0.29, 0.717) is 25.4 Å². The average Bonchev–Trinajstić information content (AvgIpc) is 3.47. The Labute approximate surface area is 264 Å². The zero-order chi connectivity index (χ0) is 32.1. The standard InChI is InChI=1S/C33H39N5O6S/c1-23-17-38(24(2)21-39)33(40)29-16-26(35-45(41,42)32-20-37(4)22-34-32)12-15-30(29)44-31(23)19-36(3)18-25-10-13-28(14-11-25)43-27-8-6-5-7-9-27/h5-16,20,22-24,31,35,39H,17-19,21H2,1-4H3/t23-,24-,31-/m1/s1. The number of sulfonamides is 1. The highest BCUT2D eigenvalue weighted by Crippen LogP contribution is 2.31. The molecule has 0 unspecified atom stereocenters. The van der Waals surface area contributed by atoms with E-state index in [1.165, 1.54) is 23.2 Å². The lowest BCUT2D eigenvalue weighted by atomic mass is 9.99. The summed E-state index contributed by atoms with van der Waals surface area (Å²) in [7, 11) is -0.283. The number of carbonyl (C=O) groups is 1. The van der Waals surface area contributed by atoms with Crippen LogP contribution in [0.2, 0.25) is 0 Å². The number of likely N-dealkylation sites (N-methyl/N-ethyl adjacent to an activating group) is 1. The minimum Gasteiger partial charge on any atom is -0.488 e. The summed E-state index contributed by atoms with van der Waals surface area (Å²) in [5, 5.41) is 9.84.